The number of nitrogens with two attached hydrogens (primary N) is 2. The standard InChI is InChI=1S/C20H30N6O7/c21-20(22)23-9-3-6-13(25-15(27)8-7-12-4-1-2-5-12)18(31)24-11-16(28)26-14(19(32)33)10-17(29)30/h1-2,4,13-14H,3,5-11H2,(H,24,31)(H,25,27)(H,26,28)(H,29,30)(H,32,33)(H4,21,22,23)/t13-,14-/m0/s1. The first kappa shape index (κ1) is 27.1. The third-order valence-corrected chi connectivity index (χ3v) is 4.55. The van der Waals surface area contributed by atoms with Crippen LogP contribution in [0.3, 0.4) is 0 Å². The van der Waals surface area contributed by atoms with Gasteiger partial charge in [-0.15, -0.1) is 0 Å². The van der Waals surface area contributed by atoms with E-state index >= 15 is 0 Å². The van der Waals surface area contributed by atoms with E-state index in [1.54, 1.807) is 0 Å². The number of allylic oxidation sites excluding steroid dienone is 4. The molecule has 0 heterocycles. The number of nitrogens with zero attached hydrogens (tertiary/aromatic N) is 1. The zero-order valence-electron chi connectivity index (χ0n) is 18.1. The molecule has 3 amide bonds. The van der Waals surface area contributed by atoms with E-state index in [1.807, 2.05) is 23.5 Å². The third-order valence-electron chi connectivity index (χ3n) is 4.55. The minimum atomic E-state index is -1.64. The quantitative estimate of drug-likeness (QED) is 0.0832. The van der Waals surface area contributed by atoms with Crippen molar-refractivity contribution in [1.82, 2.24) is 16.0 Å². The molecule has 0 aromatic carbocycles. The van der Waals surface area contributed by atoms with Crippen LogP contribution in [0.5, 0.6) is 0 Å². The van der Waals surface area contributed by atoms with Crippen molar-refractivity contribution in [2.24, 2.45) is 16.5 Å². The average molecular weight is 466 g/mol. The van der Waals surface area contributed by atoms with Crippen molar-refractivity contribution < 1.29 is 34.2 Å². The monoisotopic (exact) mass is 466 g/mol. The lowest BCUT2D eigenvalue weighted by Gasteiger charge is -2.19. The molecule has 0 aromatic rings. The second-order valence-electron chi connectivity index (χ2n) is 7.30. The van der Waals surface area contributed by atoms with Crippen molar-refractivity contribution in [3.8, 4) is 0 Å². The maximum atomic E-state index is 12.5. The maximum Gasteiger partial charge on any atom is 0.326 e. The van der Waals surface area contributed by atoms with E-state index in [9.17, 15) is 24.0 Å². The average Bonchev–Trinajstić information content (AvgIpc) is 3.25. The highest BCUT2D eigenvalue weighted by molar-refractivity contribution is 5.92. The molecule has 13 heteroatoms. The normalized spacial score (nSPS) is 13.9. The van der Waals surface area contributed by atoms with Crippen LogP contribution in [0.2, 0.25) is 0 Å². The molecule has 9 N–H and O–H groups in total. The first-order chi connectivity index (χ1) is 15.6. The largest absolute Gasteiger partial charge is 0.481 e. The number of carbonyl (C=O) groups is 5. The minimum Gasteiger partial charge on any atom is -0.481 e. The van der Waals surface area contributed by atoms with Crippen LogP contribution in [0.25, 0.3) is 0 Å². The minimum absolute atomic E-state index is 0.107. The molecule has 2 atom stereocenters. The summed E-state index contributed by atoms with van der Waals surface area (Å²) >= 11 is 0. The Morgan fingerprint density at radius 2 is 1.76 bits per heavy atom. The molecule has 0 aromatic heterocycles. The van der Waals surface area contributed by atoms with E-state index in [2.05, 4.69) is 15.6 Å². The van der Waals surface area contributed by atoms with Crippen LogP contribution in [0, 0.1) is 0 Å². The summed E-state index contributed by atoms with van der Waals surface area (Å²) in [4.78, 5) is 62.4. The van der Waals surface area contributed by atoms with Gasteiger partial charge in [-0.05, 0) is 25.7 Å². The van der Waals surface area contributed by atoms with Gasteiger partial charge in [-0.3, -0.25) is 24.2 Å². The van der Waals surface area contributed by atoms with Crippen LogP contribution >= 0.6 is 0 Å². The Morgan fingerprint density at radius 1 is 1.06 bits per heavy atom. The number of nitrogens with one attached hydrogen (secondary N) is 3. The van der Waals surface area contributed by atoms with Crippen molar-refractivity contribution in [2.45, 2.75) is 50.6 Å². The molecule has 0 aliphatic heterocycles. The Bertz CT molecular complexity index is 833. The number of rotatable bonds is 15. The summed E-state index contributed by atoms with van der Waals surface area (Å²) in [5.74, 6) is -4.92. The lowest BCUT2D eigenvalue weighted by Crippen LogP contribution is -2.51. The SMILES string of the molecule is NC(N)=NCCC[C@H](NC(=O)CCC1=CC=CC1)C(=O)NCC(=O)N[C@@H](CC(=O)O)C(=O)O. The maximum absolute atomic E-state index is 12.5. The van der Waals surface area contributed by atoms with Gasteiger partial charge in [0.2, 0.25) is 17.7 Å². The summed E-state index contributed by atoms with van der Waals surface area (Å²) in [6.45, 7) is -0.364. The van der Waals surface area contributed by atoms with E-state index in [1.165, 1.54) is 0 Å². The topological polar surface area (TPSA) is 226 Å². The van der Waals surface area contributed by atoms with Gasteiger partial charge >= 0.3 is 11.9 Å². The lowest BCUT2D eigenvalue weighted by atomic mass is 10.1. The summed E-state index contributed by atoms with van der Waals surface area (Å²) < 4.78 is 0. The van der Waals surface area contributed by atoms with Crippen LogP contribution in [-0.2, 0) is 24.0 Å². The molecule has 13 nitrogen and oxygen atoms in total. The van der Waals surface area contributed by atoms with Gasteiger partial charge in [0.25, 0.3) is 0 Å². The second-order valence-corrected chi connectivity index (χ2v) is 7.30. The molecule has 33 heavy (non-hydrogen) atoms. The summed E-state index contributed by atoms with van der Waals surface area (Å²) in [6.07, 6.45) is 7.07. The van der Waals surface area contributed by atoms with Gasteiger partial charge in [0, 0.05) is 13.0 Å². The van der Waals surface area contributed by atoms with Crippen molar-refractivity contribution >= 4 is 35.6 Å². The van der Waals surface area contributed by atoms with Gasteiger partial charge < -0.3 is 37.6 Å². The highest BCUT2D eigenvalue weighted by atomic mass is 16.4. The predicted octanol–water partition coefficient (Wildman–Crippen LogP) is -1.65. The van der Waals surface area contributed by atoms with Gasteiger partial charge in [0.1, 0.15) is 12.1 Å². The molecular formula is C20H30N6O7. The first-order valence-corrected chi connectivity index (χ1v) is 10.3. The molecule has 0 unspecified atom stereocenters. The van der Waals surface area contributed by atoms with Gasteiger partial charge in [-0.2, -0.15) is 0 Å². The molecule has 1 aliphatic rings. The van der Waals surface area contributed by atoms with E-state index < -0.39 is 48.8 Å². The van der Waals surface area contributed by atoms with Gasteiger partial charge in [0.15, 0.2) is 5.96 Å². The Morgan fingerprint density at radius 3 is 2.33 bits per heavy atom. The molecule has 0 fully saturated rings. The lowest BCUT2D eigenvalue weighted by molar-refractivity contribution is -0.147. The highest BCUT2D eigenvalue weighted by Gasteiger charge is 2.25. The van der Waals surface area contributed by atoms with Crippen molar-refractivity contribution in [2.75, 3.05) is 13.1 Å². The fourth-order valence-corrected chi connectivity index (χ4v) is 2.90. The zero-order chi connectivity index (χ0) is 24.8. The molecule has 0 radical (unpaired) electrons. The number of carbonyl (C=O) groups excluding carboxylic acids is 3. The summed E-state index contributed by atoms with van der Waals surface area (Å²) in [7, 11) is 0. The molecule has 1 rings (SSSR count). The van der Waals surface area contributed by atoms with Crippen LogP contribution in [0.1, 0.15) is 38.5 Å². The third kappa shape index (κ3) is 11.9. The Balaban J connectivity index is 2.62. The summed E-state index contributed by atoms with van der Waals surface area (Å²) in [5.41, 5.74) is 11.6. The number of amides is 3. The smallest absolute Gasteiger partial charge is 0.326 e. The molecule has 0 spiro atoms. The molecule has 182 valence electrons. The summed E-state index contributed by atoms with van der Waals surface area (Å²) in [5, 5.41) is 24.7. The van der Waals surface area contributed by atoms with E-state index in [0.717, 1.165) is 12.0 Å². The van der Waals surface area contributed by atoms with Crippen molar-refractivity contribution in [3.63, 3.8) is 0 Å². The van der Waals surface area contributed by atoms with E-state index in [-0.39, 0.29) is 31.3 Å². The number of aliphatic imine (C=N–C) groups is 1. The first-order valence-electron chi connectivity index (χ1n) is 10.3. The number of carboxylic acids is 2. The van der Waals surface area contributed by atoms with Crippen LogP contribution in [0.15, 0.2) is 28.8 Å². The number of aliphatic carboxylic acids is 2. The highest BCUT2D eigenvalue weighted by Crippen LogP contribution is 2.16. The Hall–Kier alpha value is -3.90. The number of hydrogen-bond donors (Lipinski definition) is 7. The fourth-order valence-electron chi connectivity index (χ4n) is 2.90. The molecular weight excluding hydrogens is 436 g/mol. The molecule has 1 aliphatic carbocycles. The van der Waals surface area contributed by atoms with Gasteiger partial charge in [-0.25, -0.2) is 4.79 Å². The van der Waals surface area contributed by atoms with Crippen LogP contribution in [-0.4, -0.2) is 71.0 Å². The van der Waals surface area contributed by atoms with Gasteiger partial charge in [0.05, 0.1) is 13.0 Å². The number of guanidine groups is 1. The predicted molar refractivity (Wildman–Crippen MR) is 118 cm³/mol. The van der Waals surface area contributed by atoms with Crippen molar-refractivity contribution in [1.29, 1.82) is 0 Å². The summed E-state index contributed by atoms with van der Waals surface area (Å²) in [6, 6.07) is -2.61. The van der Waals surface area contributed by atoms with Gasteiger partial charge in [-0.1, -0.05) is 23.8 Å². The fraction of sp³-hybridized carbons (Fsp3) is 0.500. The van der Waals surface area contributed by atoms with Crippen molar-refractivity contribution in [3.05, 3.63) is 23.8 Å². The van der Waals surface area contributed by atoms with E-state index in [4.69, 9.17) is 21.7 Å². The Kier molecular flexibility index (Phi) is 11.7. The number of carboxylic acid groups (broad SMARTS) is 2. The second kappa shape index (κ2) is 14.2. The molecule has 0 saturated carbocycles. The molecule has 0 saturated heterocycles. The van der Waals surface area contributed by atoms with Crippen LogP contribution < -0.4 is 27.4 Å². The Labute approximate surface area is 190 Å². The van der Waals surface area contributed by atoms with E-state index in [0.29, 0.717) is 12.8 Å². The zero-order valence-corrected chi connectivity index (χ0v) is 18.1. The van der Waals surface area contributed by atoms with Crippen LogP contribution in [0.4, 0.5) is 0 Å². The molecule has 0 bridgehead atoms. The number of hydrogen-bond acceptors (Lipinski definition) is 6.